The van der Waals surface area contributed by atoms with Crippen LogP contribution in [0.1, 0.15) is 23.1 Å². The molecule has 1 atom stereocenters. The largest absolute Gasteiger partial charge is 0.416 e. The van der Waals surface area contributed by atoms with E-state index in [2.05, 4.69) is 28.1 Å². The minimum Gasteiger partial charge on any atom is -0.375 e. The molecule has 1 heterocycles. The molecule has 5 nitrogen and oxygen atoms in total. The van der Waals surface area contributed by atoms with Gasteiger partial charge in [0.1, 0.15) is 11.6 Å². The van der Waals surface area contributed by atoms with E-state index in [4.69, 9.17) is 5.73 Å². The Balaban J connectivity index is 1.64. The molecule has 0 aliphatic carbocycles. The number of rotatable bonds is 6. The fourth-order valence-electron chi connectivity index (χ4n) is 3.41. The molecule has 0 amide bonds. The van der Waals surface area contributed by atoms with E-state index < -0.39 is 23.4 Å². The summed E-state index contributed by atoms with van der Waals surface area (Å²) in [4.78, 5) is 1.65. The zero-order valence-corrected chi connectivity index (χ0v) is 17.0. The lowest BCUT2D eigenvalue weighted by atomic mass is 10.1. The zero-order chi connectivity index (χ0) is 22.6. The Kier molecular flexibility index (Phi) is 7.06. The van der Waals surface area contributed by atoms with Crippen LogP contribution in [0.5, 0.6) is 0 Å². The second-order valence-corrected chi connectivity index (χ2v) is 7.47. The maximum absolute atomic E-state index is 14.5. The first-order valence-corrected chi connectivity index (χ1v) is 9.77. The van der Waals surface area contributed by atoms with E-state index in [0.717, 1.165) is 24.4 Å². The molecule has 1 aliphatic heterocycles. The Morgan fingerprint density at radius 1 is 1.23 bits per heavy atom. The summed E-state index contributed by atoms with van der Waals surface area (Å²) >= 11 is 4.57. The van der Waals surface area contributed by atoms with E-state index in [1.165, 1.54) is 12.1 Å². The van der Waals surface area contributed by atoms with Crippen LogP contribution >= 0.6 is 12.2 Å². The monoisotopic (exact) mass is 457 g/mol. The topological polar surface area (TPSA) is 65.7 Å². The number of thiocarbonyl (C=S) groups is 1. The van der Waals surface area contributed by atoms with Crippen LogP contribution in [0, 0.1) is 11.6 Å². The Hall–Kier alpha value is -2.79. The van der Waals surface area contributed by atoms with Gasteiger partial charge in [0.25, 0.3) is 0 Å². The number of benzene rings is 2. The lowest BCUT2D eigenvalue weighted by Gasteiger charge is -2.21. The highest BCUT2D eigenvalue weighted by molar-refractivity contribution is 7.80. The van der Waals surface area contributed by atoms with Crippen molar-refractivity contribution in [2.24, 2.45) is 10.8 Å². The number of halogens is 5. The number of alkyl halides is 3. The van der Waals surface area contributed by atoms with Crippen molar-refractivity contribution in [1.29, 1.82) is 0 Å². The predicted molar refractivity (Wildman–Crippen MR) is 113 cm³/mol. The van der Waals surface area contributed by atoms with Gasteiger partial charge in [-0.05, 0) is 36.3 Å². The molecule has 3 rings (SSSR count). The number of hydrogen-bond donors (Lipinski definition) is 3. The molecule has 0 spiro atoms. The van der Waals surface area contributed by atoms with Gasteiger partial charge in [0.05, 0.1) is 17.5 Å². The average molecular weight is 457 g/mol. The summed E-state index contributed by atoms with van der Waals surface area (Å²) in [6, 6.07) is 7.26. The summed E-state index contributed by atoms with van der Waals surface area (Å²) in [5, 5.41) is 6.58. The van der Waals surface area contributed by atoms with E-state index in [0.29, 0.717) is 19.5 Å². The molecule has 31 heavy (non-hydrogen) atoms. The van der Waals surface area contributed by atoms with Crippen molar-refractivity contribution < 1.29 is 22.0 Å². The highest BCUT2D eigenvalue weighted by Crippen LogP contribution is 2.32. The van der Waals surface area contributed by atoms with Crippen LogP contribution in [0.25, 0.3) is 0 Å². The van der Waals surface area contributed by atoms with Crippen molar-refractivity contribution in [3.63, 3.8) is 0 Å². The number of nitrogens with zero attached hydrogens (tertiary/aromatic N) is 2. The van der Waals surface area contributed by atoms with Gasteiger partial charge in [0, 0.05) is 37.3 Å². The van der Waals surface area contributed by atoms with Crippen LogP contribution in [0.3, 0.4) is 0 Å². The Labute approximate surface area is 181 Å². The lowest BCUT2D eigenvalue weighted by molar-refractivity contribution is -0.138. The van der Waals surface area contributed by atoms with E-state index in [-0.39, 0.29) is 34.5 Å². The number of anilines is 1. The first-order valence-electron chi connectivity index (χ1n) is 9.36. The third-order valence-corrected chi connectivity index (χ3v) is 4.97. The van der Waals surface area contributed by atoms with Crippen molar-refractivity contribution in [3.8, 4) is 0 Å². The molecular formula is C20H20F5N5S. The molecule has 0 bridgehead atoms. The molecule has 1 fully saturated rings. The van der Waals surface area contributed by atoms with Crippen LogP contribution in [0.2, 0.25) is 0 Å². The molecule has 0 unspecified atom stereocenters. The fraction of sp³-hybridized carbons (Fsp3) is 0.300. The van der Waals surface area contributed by atoms with Gasteiger partial charge in [-0.2, -0.15) is 18.3 Å². The number of hydrogen-bond acceptors (Lipinski definition) is 4. The summed E-state index contributed by atoms with van der Waals surface area (Å²) in [6.45, 7) is 0.794. The van der Waals surface area contributed by atoms with Gasteiger partial charge in [-0.25, -0.2) is 8.78 Å². The molecule has 166 valence electrons. The van der Waals surface area contributed by atoms with E-state index in [9.17, 15) is 22.0 Å². The number of nitrogens with one attached hydrogen (secondary N) is 2. The second-order valence-electron chi connectivity index (χ2n) is 7.03. The van der Waals surface area contributed by atoms with Crippen molar-refractivity contribution in [3.05, 3.63) is 64.7 Å². The Bertz CT molecular complexity index is 979. The standard InChI is InChI=1S/C20H20F5N5S/c21-16-8-18(17(22)7-13(16)10-28-29-19(26)31)30-6-5-14(11-30)27-9-12-3-1-2-4-15(12)20(23,24)25/h1-4,7-8,10,14,27H,5-6,9,11H2,(H3,26,29,31)/b28-10+/t14-/m1/s1. The van der Waals surface area contributed by atoms with Gasteiger partial charge < -0.3 is 16.0 Å². The van der Waals surface area contributed by atoms with Crippen molar-refractivity contribution in [2.75, 3.05) is 18.0 Å². The second kappa shape index (κ2) is 9.56. The van der Waals surface area contributed by atoms with Crippen LogP contribution < -0.4 is 21.4 Å². The molecule has 0 aromatic heterocycles. The molecule has 11 heteroatoms. The molecule has 2 aromatic carbocycles. The molecular weight excluding hydrogens is 437 g/mol. The summed E-state index contributed by atoms with van der Waals surface area (Å²) in [5.74, 6) is -1.32. The summed E-state index contributed by atoms with van der Waals surface area (Å²) in [6.07, 6.45) is -2.79. The smallest absolute Gasteiger partial charge is 0.375 e. The average Bonchev–Trinajstić information content (AvgIpc) is 3.16. The van der Waals surface area contributed by atoms with Gasteiger partial charge in [-0.3, -0.25) is 5.43 Å². The maximum atomic E-state index is 14.5. The van der Waals surface area contributed by atoms with E-state index in [1.54, 1.807) is 11.0 Å². The maximum Gasteiger partial charge on any atom is 0.416 e. The summed E-state index contributed by atoms with van der Waals surface area (Å²) in [7, 11) is 0. The van der Waals surface area contributed by atoms with Crippen molar-refractivity contribution in [1.82, 2.24) is 10.7 Å². The predicted octanol–water partition coefficient (Wildman–Crippen LogP) is 3.52. The third kappa shape index (κ3) is 5.88. The Morgan fingerprint density at radius 2 is 1.97 bits per heavy atom. The van der Waals surface area contributed by atoms with Crippen LogP contribution in [-0.2, 0) is 12.7 Å². The molecule has 1 saturated heterocycles. The van der Waals surface area contributed by atoms with Gasteiger partial charge in [-0.15, -0.1) is 0 Å². The molecule has 1 aliphatic rings. The SMILES string of the molecule is NC(=S)N/N=C/c1cc(F)c(N2CC[C@@H](NCc3ccccc3C(F)(F)F)C2)cc1F. The zero-order valence-electron chi connectivity index (χ0n) is 16.2. The van der Waals surface area contributed by atoms with Gasteiger partial charge >= 0.3 is 6.18 Å². The van der Waals surface area contributed by atoms with Gasteiger partial charge in [-0.1, -0.05) is 18.2 Å². The van der Waals surface area contributed by atoms with Crippen molar-refractivity contribution in [2.45, 2.75) is 25.2 Å². The van der Waals surface area contributed by atoms with Gasteiger partial charge in [0.2, 0.25) is 0 Å². The quantitative estimate of drug-likeness (QED) is 0.268. The molecule has 2 aromatic rings. The van der Waals surface area contributed by atoms with E-state index in [1.807, 2.05) is 0 Å². The van der Waals surface area contributed by atoms with Crippen LogP contribution in [-0.4, -0.2) is 30.5 Å². The van der Waals surface area contributed by atoms with Crippen LogP contribution in [0.4, 0.5) is 27.6 Å². The van der Waals surface area contributed by atoms with Crippen LogP contribution in [0.15, 0.2) is 41.5 Å². The minimum atomic E-state index is -4.43. The number of nitrogens with two attached hydrogens (primary N) is 1. The van der Waals surface area contributed by atoms with Gasteiger partial charge in [0.15, 0.2) is 5.11 Å². The summed E-state index contributed by atoms with van der Waals surface area (Å²) < 4.78 is 68.3. The minimum absolute atomic E-state index is 0.0242. The van der Waals surface area contributed by atoms with Crippen molar-refractivity contribution >= 4 is 29.2 Å². The molecule has 0 radical (unpaired) electrons. The number of hydrazone groups is 1. The van der Waals surface area contributed by atoms with E-state index >= 15 is 0 Å². The first kappa shape index (κ1) is 22.9. The first-order chi connectivity index (χ1) is 14.6. The normalized spacial score (nSPS) is 16.8. The highest BCUT2D eigenvalue weighted by atomic mass is 32.1. The molecule has 0 saturated carbocycles. The highest BCUT2D eigenvalue weighted by Gasteiger charge is 2.33. The Morgan fingerprint density at radius 3 is 2.68 bits per heavy atom. The third-order valence-electron chi connectivity index (χ3n) is 4.88. The summed E-state index contributed by atoms with van der Waals surface area (Å²) in [5.41, 5.74) is 6.91. The molecule has 4 N–H and O–H groups in total. The fourth-order valence-corrected chi connectivity index (χ4v) is 3.46. The lowest BCUT2D eigenvalue weighted by Crippen LogP contribution is -2.33.